The lowest BCUT2D eigenvalue weighted by Gasteiger charge is -2.02. The lowest BCUT2D eigenvalue weighted by molar-refractivity contribution is 0.535. The summed E-state index contributed by atoms with van der Waals surface area (Å²) >= 11 is 5.87. The Balaban J connectivity index is 2.38. The molecule has 0 spiro atoms. The number of aromatic nitrogens is 2. The van der Waals surface area contributed by atoms with Gasteiger partial charge in [0, 0.05) is 0 Å². The average molecular weight is 261 g/mol. The van der Waals surface area contributed by atoms with Crippen LogP contribution in [0.2, 0.25) is 5.02 Å². The Kier molecular flexibility index (Phi) is 2.45. The van der Waals surface area contributed by atoms with Gasteiger partial charge in [-0.1, -0.05) is 29.8 Å². The molecule has 3 aromatic rings. The number of para-hydroxylation sites is 1. The molecule has 0 aliphatic rings. The van der Waals surface area contributed by atoms with Gasteiger partial charge in [0.05, 0.1) is 17.3 Å². The zero-order valence-corrected chi connectivity index (χ0v) is 10.3. The lowest BCUT2D eigenvalue weighted by atomic mass is 10.2. The summed E-state index contributed by atoms with van der Waals surface area (Å²) in [7, 11) is 0. The van der Waals surface area contributed by atoms with Crippen molar-refractivity contribution in [3.05, 3.63) is 57.5 Å². The van der Waals surface area contributed by atoms with Crippen LogP contribution >= 0.6 is 11.6 Å². The van der Waals surface area contributed by atoms with E-state index in [-0.39, 0.29) is 5.02 Å². The van der Waals surface area contributed by atoms with Gasteiger partial charge in [0.2, 0.25) is 5.71 Å². The molecule has 0 aliphatic carbocycles. The van der Waals surface area contributed by atoms with Crippen molar-refractivity contribution in [3.63, 3.8) is 0 Å². The third kappa shape index (κ3) is 1.54. The van der Waals surface area contributed by atoms with Crippen LogP contribution in [0.4, 0.5) is 0 Å². The van der Waals surface area contributed by atoms with Crippen LogP contribution in [0.3, 0.4) is 0 Å². The molecule has 2 aromatic heterocycles. The molecule has 0 N–H and O–H groups in total. The number of aryl methyl sites for hydroxylation is 1. The van der Waals surface area contributed by atoms with Crippen LogP contribution in [0.1, 0.15) is 5.56 Å². The number of nitrogens with zero attached hydrogens (tertiary/aromatic N) is 2. The van der Waals surface area contributed by atoms with E-state index in [1.807, 2.05) is 30.3 Å². The Morgan fingerprint density at radius 1 is 1.28 bits per heavy atom. The minimum absolute atomic E-state index is 0.107. The maximum Gasteiger partial charge on any atom is 0.356 e. The molecule has 2 heterocycles. The van der Waals surface area contributed by atoms with E-state index < -0.39 is 5.63 Å². The second kappa shape index (κ2) is 3.99. The summed E-state index contributed by atoms with van der Waals surface area (Å²) in [6, 6.07) is 9.47. The molecule has 90 valence electrons. The lowest BCUT2D eigenvalue weighted by Crippen LogP contribution is -2.04. The van der Waals surface area contributed by atoms with Crippen LogP contribution < -0.4 is 5.63 Å². The van der Waals surface area contributed by atoms with E-state index in [0.717, 1.165) is 11.1 Å². The molecule has 0 unspecified atom stereocenters. The maximum absolute atomic E-state index is 11.6. The quantitative estimate of drug-likeness (QED) is 0.676. The van der Waals surface area contributed by atoms with Gasteiger partial charge < -0.3 is 4.42 Å². The van der Waals surface area contributed by atoms with Crippen molar-refractivity contribution in [2.75, 3.05) is 0 Å². The van der Waals surface area contributed by atoms with Crippen LogP contribution in [-0.2, 0) is 0 Å². The monoisotopic (exact) mass is 260 g/mol. The smallest absolute Gasteiger partial charge is 0.356 e. The van der Waals surface area contributed by atoms with E-state index in [1.165, 1.54) is 0 Å². The Morgan fingerprint density at radius 3 is 2.72 bits per heavy atom. The Bertz CT molecular complexity index is 775. The normalized spacial score (nSPS) is 11.0. The van der Waals surface area contributed by atoms with Crippen LogP contribution in [0.5, 0.6) is 0 Å². The van der Waals surface area contributed by atoms with Crippen molar-refractivity contribution in [1.82, 2.24) is 9.78 Å². The van der Waals surface area contributed by atoms with Crippen LogP contribution in [0.15, 0.2) is 45.7 Å². The molecule has 0 aliphatic heterocycles. The van der Waals surface area contributed by atoms with Gasteiger partial charge in [-0.05, 0) is 24.6 Å². The summed E-state index contributed by atoms with van der Waals surface area (Å²) in [5.74, 6) is 0. The van der Waals surface area contributed by atoms with E-state index in [4.69, 9.17) is 16.0 Å². The summed E-state index contributed by atoms with van der Waals surface area (Å²) in [6.07, 6.45) is 1.65. The Hall–Kier alpha value is -2.07. The number of fused-ring (bicyclic) bond motifs is 1. The summed E-state index contributed by atoms with van der Waals surface area (Å²) in [4.78, 5) is 11.6. The fourth-order valence-corrected chi connectivity index (χ4v) is 1.99. The number of benzene rings is 1. The van der Waals surface area contributed by atoms with Crippen LogP contribution in [0.25, 0.3) is 16.8 Å². The summed E-state index contributed by atoms with van der Waals surface area (Å²) < 4.78 is 6.80. The van der Waals surface area contributed by atoms with Crippen LogP contribution in [0, 0.1) is 6.92 Å². The van der Waals surface area contributed by atoms with E-state index in [9.17, 15) is 4.79 Å². The molecule has 0 radical (unpaired) electrons. The molecule has 0 bridgehead atoms. The van der Waals surface area contributed by atoms with Gasteiger partial charge in [-0.25, -0.2) is 9.48 Å². The summed E-state index contributed by atoms with van der Waals surface area (Å²) in [5.41, 5.74) is 1.38. The number of rotatable bonds is 1. The van der Waals surface area contributed by atoms with Gasteiger partial charge in [-0.3, -0.25) is 0 Å². The molecular formula is C13H9ClN2O2. The molecule has 3 rings (SSSR count). The predicted molar refractivity (Wildman–Crippen MR) is 69.4 cm³/mol. The van der Waals surface area contributed by atoms with Gasteiger partial charge in [0.25, 0.3) is 0 Å². The van der Waals surface area contributed by atoms with Crippen molar-refractivity contribution < 1.29 is 4.42 Å². The van der Waals surface area contributed by atoms with Crippen molar-refractivity contribution >= 4 is 22.7 Å². The molecule has 1 aromatic carbocycles. The Morgan fingerprint density at radius 2 is 2.00 bits per heavy atom. The SMILES string of the molecule is Cc1c(Cl)c(=O)oc2c1cnn2-c1ccccc1. The standard InChI is InChI=1S/C13H9ClN2O2/c1-8-10-7-15-16(9-5-3-2-4-6-9)12(10)18-13(17)11(8)14/h2-7H,1H3. The Labute approximate surface area is 107 Å². The highest BCUT2D eigenvalue weighted by atomic mass is 35.5. The van der Waals surface area contributed by atoms with Crippen LogP contribution in [-0.4, -0.2) is 9.78 Å². The van der Waals surface area contributed by atoms with Crippen molar-refractivity contribution in [3.8, 4) is 5.69 Å². The van der Waals surface area contributed by atoms with E-state index in [0.29, 0.717) is 11.3 Å². The molecule has 4 nitrogen and oxygen atoms in total. The first-order valence-corrected chi connectivity index (χ1v) is 5.78. The minimum atomic E-state index is -0.542. The third-order valence-electron chi connectivity index (χ3n) is 2.83. The molecule has 0 saturated carbocycles. The number of hydrogen-bond donors (Lipinski definition) is 0. The highest BCUT2D eigenvalue weighted by Crippen LogP contribution is 2.23. The highest BCUT2D eigenvalue weighted by molar-refractivity contribution is 6.31. The average Bonchev–Trinajstić information content (AvgIpc) is 2.81. The largest absolute Gasteiger partial charge is 0.402 e. The number of halogens is 1. The fraction of sp³-hybridized carbons (Fsp3) is 0.0769. The van der Waals surface area contributed by atoms with E-state index in [2.05, 4.69) is 5.10 Å². The molecular weight excluding hydrogens is 252 g/mol. The molecule has 0 fully saturated rings. The zero-order chi connectivity index (χ0) is 12.7. The third-order valence-corrected chi connectivity index (χ3v) is 3.27. The summed E-state index contributed by atoms with van der Waals surface area (Å²) in [5, 5.41) is 5.08. The first kappa shape index (κ1) is 11.0. The molecule has 0 atom stereocenters. The fourth-order valence-electron chi connectivity index (χ4n) is 1.85. The zero-order valence-electron chi connectivity index (χ0n) is 9.55. The first-order chi connectivity index (χ1) is 8.68. The maximum atomic E-state index is 11.6. The molecule has 0 saturated heterocycles. The van der Waals surface area contributed by atoms with Gasteiger partial charge in [-0.15, -0.1) is 0 Å². The highest BCUT2D eigenvalue weighted by Gasteiger charge is 2.14. The first-order valence-electron chi connectivity index (χ1n) is 5.41. The van der Waals surface area contributed by atoms with Crippen molar-refractivity contribution in [1.29, 1.82) is 0 Å². The predicted octanol–water partition coefficient (Wildman–Crippen LogP) is 2.94. The second-order valence-corrected chi connectivity index (χ2v) is 4.32. The summed E-state index contributed by atoms with van der Waals surface area (Å²) in [6.45, 7) is 1.78. The number of hydrogen-bond acceptors (Lipinski definition) is 3. The topological polar surface area (TPSA) is 48.0 Å². The molecule has 5 heteroatoms. The van der Waals surface area contributed by atoms with Gasteiger partial charge in [0.1, 0.15) is 5.02 Å². The van der Waals surface area contributed by atoms with E-state index >= 15 is 0 Å². The minimum Gasteiger partial charge on any atom is -0.402 e. The molecule has 0 amide bonds. The van der Waals surface area contributed by atoms with Gasteiger partial charge >= 0.3 is 5.63 Å². The van der Waals surface area contributed by atoms with Crippen molar-refractivity contribution in [2.45, 2.75) is 6.92 Å². The van der Waals surface area contributed by atoms with Crippen molar-refractivity contribution in [2.24, 2.45) is 0 Å². The molecule has 18 heavy (non-hydrogen) atoms. The van der Waals surface area contributed by atoms with E-state index in [1.54, 1.807) is 17.8 Å². The second-order valence-electron chi connectivity index (χ2n) is 3.94. The van der Waals surface area contributed by atoms with Gasteiger partial charge in [-0.2, -0.15) is 5.10 Å². The van der Waals surface area contributed by atoms with Gasteiger partial charge in [0.15, 0.2) is 0 Å².